The largest absolute Gasteiger partial charge is 0.299 e. The molecule has 0 saturated carbocycles. The molecular weight excluding hydrogens is 272 g/mol. The molecule has 22 heavy (non-hydrogen) atoms. The maximum absolute atomic E-state index is 11.9. The zero-order valence-electron chi connectivity index (χ0n) is 12.7. The predicted molar refractivity (Wildman–Crippen MR) is 87.4 cm³/mol. The maximum Gasteiger partial charge on any atom is 0.141 e. The van der Waals surface area contributed by atoms with Gasteiger partial charge in [-0.25, -0.2) is 0 Å². The van der Waals surface area contributed by atoms with E-state index in [9.17, 15) is 9.59 Å². The Morgan fingerprint density at radius 2 is 1.32 bits per heavy atom. The highest BCUT2D eigenvalue weighted by atomic mass is 16.1. The normalized spacial score (nSPS) is 11.4. The number of hydrogen-bond acceptors (Lipinski definition) is 2. The monoisotopic (exact) mass is 290 g/mol. The van der Waals surface area contributed by atoms with Gasteiger partial charge >= 0.3 is 0 Å². The summed E-state index contributed by atoms with van der Waals surface area (Å²) in [6, 6.07) is 19.1. The summed E-state index contributed by atoms with van der Waals surface area (Å²) < 4.78 is 0. The molecule has 2 aromatic rings. The average Bonchev–Trinajstić information content (AvgIpc) is 2.52. The van der Waals surface area contributed by atoms with E-state index in [1.165, 1.54) is 13.8 Å². The summed E-state index contributed by atoms with van der Waals surface area (Å²) in [4.78, 5) is 23.8. The zero-order chi connectivity index (χ0) is 15.9. The van der Waals surface area contributed by atoms with Crippen LogP contribution >= 0.6 is 0 Å². The van der Waals surface area contributed by atoms with E-state index >= 15 is 0 Å². The molecule has 0 radical (unpaired) electrons. The first-order valence-corrected chi connectivity index (χ1v) is 7.22. The van der Waals surface area contributed by atoms with Gasteiger partial charge in [0.05, 0.1) is 11.8 Å². The van der Waals surface area contributed by atoms with Crippen LogP contribution in [0, 0.1) is 17.8 Å². The van der Waals surface area contributed by atoms with Crippen LogP contribution in [0.15, 0.2) is 60.7 Å². The van der Waals surface area contributed by atoms with Crippen molar-refractivity contribution in [1.29, 1.82) is 0 Å². The molecule has 0 aliphatic rings. The Bertz CT molecular complexity index is 692. The summed E-state index contributed by atoms with van der Waals surface area (Å²) in [6.45, 7) is 2.90. The van der Waals surface area contributed by atoms with Gasteiger partial charge in [-0.1, -0.05) is 60.4 Å². The molecule has 0 aliphatic heterocycles. The van der Waals surface area contributed by atoms with Crippen LogP contribution in [0.3, 0.4) is 0 Å². The number of rotatable bonds is 4. The van der Waals surface area contributed by atoms with Crippen LogP contribution in [0.5, 0.6) is 0 Å². The van der Waals surface area contributed by atoms with Gasteiger partial charge < -0.3 is 0 Å². The quantitative estimate of drug-likeness (QED) is 0.636. The lowest BCUT2D eigenvalue weighted by Crippen LogP contribution is -2.26. The lowest BCUT2D eigenvalue weighted by molar-refractivity contribution is -0.130. The van der Waals surface area contributed by atoms with E-state index in [1.54, 1.807) is 0 Å². The number of Topliss-reactive ketones (excluding diaryl/α,β-unsaturated/α-hetero) is 2. The van der Waals surface area contributed by atoms with Gasteiger partial charge in [0, 0.05) is 5.56 Å². The van der Waals surface area contributed by atoms with Crippen molar-refractivity contribution in [2.24, 2.45) is 5.92 Å². The number of benzene rings is 2. The fourth-order valence-corrected chi connectivity index (χ4v) is 2.46. The fraction of sp³-hybridized carbons (Fsp3) is 0.200. The second kappa shape index (κ2) is 7.38. The average molecular weight is 290 g/mol. The Kier molecular flexibility index (Phi) is 5.27. The Balaban J connectivity index is 2.45. The summed E-state index contributed by atoms with van der Waals surface area (Å²) in [5.74, 6) is 4.76. The number of carbonyl (C=O) groups excluding carboxylic acids is 2. The Morgan fingerprint density at radius 1 is 0.818 bits per heavy atom. The molecule has 0 saturated heterocycles. The van der Waals surface area contributed by atoms with Gasteiger partial charge in [0.15, 0.2) is 0 Å². The summed E-state index contributed by atoms with van der Waals surface area (Å²) in [6.07, 6.45) is 0. The van der Waals surface area contributed by atoms with Gasteiger partial charge in [-0.15, -0.1) is 0 Å². The molecule has 0 heterocycles. The number of carbonyl (C=O) groups is 2. The van der Waals surface area contributed by atoms with Gasteiger partial charge in [0.25, 0.3) is 0 Å². The summed E-state index contributed by atoms with van der Waals surface area (Å²) in [5.41, 5.74) is 1.76. The molecule has 2 aromatic carbocycles. The summed E-state index contributed by atoms with van der Waals surface area (Å²) in [7, 11) is 0. The maximum atomic E-state index is 11.9. The molecule has 0 amide bonds. The van der Waals surface area contributed by atoms with Crippen molar-refractivity contribution in [1.82, 2.24) is 0 Å². The van der Waals surface area contributed by atoms with E-state index in [2.05, 4.69) is 11.8 Å². The van der Waals surface area contributed by atoms with Gasteiger partial charge in [0.2, 0.25) is 0 Å². The molecular formula is C20H18O2. The van der Waals surface area contributed by atoms with Gasteiger partial charge in [-0.3, -0.25) is 9.59 Å². The van der Waals surface area contributed by atoms with Crippen molar-refractivity contribution in [3.63, 3.8) is 0 Å². The Hall–Kier alpha value is -2.66. The van der Waals surface area contributed by atoms with Crippen LogP contribution in [0.25, 0.3) is 0 Å². The second-order valence-electron chi connectivity index (χ2n) is 5.22. The summed E-state index contributed by atoms with van der Waals surface area (Å²) >= 11 is 0. The highest BCUT2D eigenvalue weighted by Gasteiger charge is 2.29. The standard InChI is InChI=1S/C20H18O2/c1-15(21)20(16(2)22)19(18-11-7-4-8-12-18)14-13-17-9-5-3-6-10-17/h3-12,19-20H,1-2H3. The molecule has 0 aliphatic carbocycles. The van der Waals surface area contributed by atoms with E-state index in [1.807, 2.05) is 60.7 Å². The minimum absolute atomic E-state index is 0.149. The van der Waals surface area contributed by atoms with Crippen molar-refractivity contribution < 1.29 is 9.59 Å². The van der Waals surface area contributed by atoms with E-state index in [-0.39, 0.29) is 11.6 Å². The van der Waals surface area contributed by atoms with Crippen LogP contribution in [0.4, 0.5) is 0 Å². The van der Waals surface area contributed by atoms with Gasteiger partial charge in [-0.2, -0.15) is 0 Å². The highest BCUT2D eigenvalue weighted by molar-refractivity contribution is 6.01. The SMILES string of the molecule is CC(=O)C(C(C)=O)C(C#Cc1ccccc1)c1ccccc1. The van der Waals surface area contributed by atoms with Crippen LogP contribution in [0.2, 0.25) is 0 Å². The molecule has 0 spiro atoms. The van der Waals surface area contributed by atoms with E-state index < -0.39 is 11.8 Å². The van der Waals surface area contributed by atoms with Crippen LogP contribution < -0.4 is 0 Å². The smallest absolute Gasteiger partial charge is 0.141 e. The van der Waals surface area contributed by atoms with Crippen LogP contribution in [-0.4, -0.2) is 11.6 Å². The third-order valence-electron chi connectivity index (χ3n) is 3.51. The van der Waals surface area contributed by atoms with Crippen molar-refractivity contribution >= 4 is 11.6 Å². The van der Waals surface area contributed by atoms with Gasteiger partial charge in [0.1, 0.15) is 11.6 Å². The lowest BCUT2D eigenvalue weighted by Gasteiger charge is -2.18. The first-order valence-electron chi connectivity index (χ1n) is 7.22. The summed E-state index contributed by atoms with van der Waals surface area (Å²) in [5, 5.41) is 0. The van der Waals surface area contributed by atoms with E-state index in [4.69, 9.17) is 0 Å². The van der Waals surface area contributed by atoms with Crippen LogP contribution in [0.1, 0.15) is 30.9 Å². The lowest BCUT2D eigenvalue weighted by atomic mass is 9.81. The van der Waals surface area contributed by atoms with Crippen molar-refractivity contribution in [3.05, 3.63) is 71.8 Å². The molecule has 2 rings (SSSR count). The Labute approximate surface area is 131 Å². The third kappa shape index (κ3) is 3.93. The van der Waals surface area contributed by atoms with Crippen molar-refractivity contribution in [3.8, 4) is 11.8 Å². The minimum atomic E-state index is -0.724. The number of hydrogen-bond donors (Lipinski definition) is 0. The Morgan fingerprint density at radius 3 is 1.82 bits per heavy atom. The van der Waals surface area contributed by atoms with Gasteiger partial charge in [-0.05, 0) is 31.5 Å². The zero-order valence-corrected chi connectivity index (χ0v) is 12.7. The molecule has 1 unspecified atom stereocenters. The third-order valence-corrected chi connectivity index (χ3v) is 3.51. The number of ketones is 2. The van der Waals surface area contributed by atoms with E-state index in [0.29, 0.717) is 0 Å². The minimum Gasteiger partial charge on any atom is -0.299 e. The molecule has 0 aromatic heterocycles. The van der Waals surface area contributed by atoms with Crippen molar-refractivity contribution in [2.75, 3.05) is 0 Å². The fourth-order valence-electron chi connectivity index (χ4n) is 2.46. The topological polar surface area (TPSA) is 34.1 Å². The van der Waals surface area contributed by atoms with Crippen LogP contribution in [-0.2, 0) is 9.59 Å². The molecule has 110 valence electrons. The second-order valence-corrected chi connectivity index (χ2v) is 5.22. The molecule has 0 bridgehead atoms. The predicted octanol–water partition coefficient (Wildman–Crippen LogP) is 3.62. The highest BCUT2D eigenvalue weighted by Crippen LogP contribution is 2.26. The molecule has 2 heteroatoms. The molecule has 0 fully saturated rings. The molecule has 1 atom stereocenters. The first-order chi connectivity index (χ1) is 10.6. The first kappa shape index (κ1) is 15.7. The molecule has 0 N–H and O–H groups in total. The van der Waals surface area contributed by atoms with Crippen molar-refractivity contribution in [2.45, 2.75) is 19.8 Å². The van der Waals surface area contributed by atoms with E-state index in [0.717, 1.165) is 11.1 Å². The molecule has 2 nitrogen and oxygen atoms in total.